The molecule has 0 bridgehead atoms. The first-order chi connectivity index (χ1) is 10.7. The van der Waals surface area contributed by atoms with E-state index in [-0.39, 0.29) is 5.91 Å². The minimum atomic E-state index is 0.189. The molecule has 2 rings (SSSR count). The molecule has 1 N–H and O–H groups in total. The summed E-state index contributed by atoms with van der Waals surface area (Å²) >= 11 is 0. The number of benzene rings is 1. The summed E-state index contributed by atoms with van der Waals surface area (Å²) in [6.45, 7) is 10.1. The van der Waals surface area contributed by atoms with Crippen LogP contribution in [0.15, 0.2) is 24.3 Å². The van der Waals surface area contributed by atoms with Gasteiger partial charge in [-0.1, -0.05) is 25.5 Å². The highest BCUT2D eigenvalue weighted by Crippen LogP contribution is 2.17. The Labute approximate surface area is 134 Å². The Bertz CT molecular complexity index is 467. The molecule has 1 aromatic rings. The molecule has 0 atom stereocenters. The number of amides is 1. The molecule has 1 aliphatic heterocycles. The van der Waals surface area contributed by atoms with Gasteiger partial charge in [0.1, 0.15) is 0 Å². The number of nitrogens with one attached hydrogen (secondary N) is 1. The van der Waals surface area contributed by atoms with E-state index in [1.165, 1.54) is 11.3 Å². The van der Waals surface area contributed by atoms with E-state index in [0.717, 1.165) is 52.1 Å². The summed E-state index contributed by atoms with van der Waals surface area (Å²) < 4.78 is 0. The van der Waals surface area contributed by atoms with Crippen molar-refractivity contribution >= 4 is 11.6 Å². The lowest BCUT2D eigenvalue weighted by Gasteiger charge is -2.36. The van der Waals surface area contributed by atoms with Crippen molar-refractivity contribution in [1.29, 1.82) is 0 Å². The summed E-state index contributed by atoms with van der Waals surface area (Å²) in [5, 5.41) is 2.99. The van der Waals surface area contributed by atoms with Gasteiger partial charge in [-0.15, -0.1) is 0 Å². The van der Waals surface area contributed by atoms with Gasteiger partial charge in [-0.3, -0.25) is 9.69 Å². The minimum Gasteiger partial charge on any atom is -0.369 e. The number of piperazine rings is 1. The van der Waals surface area contributed by atoms with Crippen molar-refractivity contribution in [2.75, 3.05) is 44.2 Å². The molecule has 4 nitrogen and oxygen atoms in total. The van der Waals surface area contributed by atoms with Crippen molar-refractivity contribution in [1.82, 2.24) is 10.2 Å². The Morgan fingerprint density at radius 2 is 2.00 bits per heavy atom. The van der Waals surface area contributed by atoms with E-state index in [2.05, 4.69) is 53.2 Å². The third kappa shape index (κ3) is 5.34. The molecule has 1 saturated heterocycles. The largest absolute Gasteiger partial charge is 0.369 e. The number of unbranched alkanes of at least 4 members (excludes halogenated alkanes) is 1. The second-order valence-electron chi connectivity index (χ2n) is 6.12. The quantitative estimate of drug-likeness (QED) is 0.786. The highest BCUT2D eigenvalue weighted by atomic mass is 16.1. The van der Waals surface area contributed by atoms with Crippen LogP contribution in [0.2, 0.25) is 0 Å². The topological polar surface area (TPSA) is 35.6 Å². The number of hydrogen-bond donors (Lipinski definition) is 1. The van der Waals surface area contributed by atoms with E-state index in [0.29, 0.717) is 6.42 Å². The third-order valence-electron chi connectivity index (χ3n) is 4.25. The molecule has 0 aliphatic carbocycles. The molecule has 1 aromatic carbocycles. The SMILES string of the molecule is CCCCNC(=O)CCN1CCN(c2cccc(C)c2)CC1. The van der Waals surface area contributed by atoms with Crippen LogP contribution in [0.1, 0.15) is 31.7 Å². The lowest BCUT2D eigenvalue weighted by Crippen LogP contribution is -2.47. The van der Waals surface area contributed by atoms with Gasteiger partial charge in [0.05, 0.1) is 0 Å². The maximum Gasteiger partial charge on any atom is 0.221 e. The Kier molecular flexibility index (Phi) is 6.72. The number of anilines is 1. The van der Waals surface area contributed by atoms with E-state index >= 15 is 0 Å². The second kappa shape index (κ2) is 8.79. The molecule has 1 aliphatic rings. The summed E-state index contributed by atoms with van der Waals surface area (Å²) in [4.78, 5) is 16.6. The average molecular weight is 303 g/mol. The molecule has 1 amide bonds. The van der Waals surface area contributed by atoms with E-state index < -0.39 is 0 Å². The monoisotopic (exact) mass is 303 g/mol. The number of hydrogen-bond acceptors (Lipinski definition) is 3. The van der Waals surface area contributed by atoms with Crippen molar-refractivity contribution in [3.05, 3.63) is 29.8 Å². The highest BCUT2D eigenvalue weighted by Gasteiger charge is 2.17. The summed E-state index contributed by atoms with van der Waals surface area (Å²) in [5.74, 6) is 0.189. The van der Waals surface area contributed by atoms with E-state index in [1.54, 1.807) is 0 Å². The highest BCUT2D eigenvalue weighted by molar-refractivity contribution is 5.76. The average Bonchev–Trinajstić information content (AvgIpc) is 2.54. The first-order valence-electron chi connectivity index (χ1n) is 8.49. The fraction of sp³-hybridized carbons (Fsp3) is 0.611. The molecule has 1 heterocycles. The van der Waals surface area contributed by atoms with Crippen molar-refractivity contribution in [2.45, 2.75) is 33.1 Å². The zero-order chi connectivity index (χ0) is 15.8. The van der Waals surface area contributed by atoms with Crippen LogP contribution in [0.5, 0.6) is 0 Å². The van der Waals surface area contributed by atoms with Crippen LogP contribution in [0.25, 0.3) is 0 Å². The van der Waals surface area contributed by atoms with Crippen LogP contribution < -0.4 is 10.2 Å². The van der Waals surface area contributed by atoms with Crippen LogP contribution >= 0.6 is 0 Å². The van der Waals surface area contributed by atoms with E-state index in [1.807, 2.05) is 0 Å². The zero-order valence-corrected chi connectivity index (χ0v) is 14.0. The summed E-state index contributed by atoms with van der Waals surface area (Å²) in [6.07, 6.45) is 2.82. The smallest absolute Gasteiger partial charge is 0.221 e. The fourth-order valence-corrected chi connectivity index (χ4v) is 2.81. The van der Waals surface area contributed by atoms with Gasteiger partial charge in [0.25, 0.3) is 0 Å². The van der Waals surface area contributed by atoms with Crippen LogP contribution in [0.4, 0.5) is 5.69 Å². The molecule has 122 valence electrons. The number of carbonyl (C=O) groups is 1. The van der Waals surface area contributed by atoms with Crippen LogP contribution in [0.3, 0.4) is 0 Å². The fourth-order valence-electron chi connectivity index (χ4n) is 2.81. The maximum atomic E-state index is 11.7. The van der Waals surface area contributed by atoms with Crippen LogP contribution in [-0.2, 0) is 4.79 Å². The number of rotatable bonds is 7. The van der Waals surface area contributed by atoms with Gasteiger partial charge in [-0.05, 0) is 31.0 Å². The van der Waals surface area contributed by atoms with Crippen molar-refractivity contribution in [3.63, 3.8) is 0 Å². The van der Waals surface area contributed by atoms with Crippen LogP contribution in [0, 0.1) is 6.92 Å². The zero-order valence-electron chi connectivity index (χ0n) is 14.0. The third-order valence-corrected chi connectivity index (χ3v) is 4.25. The van der Waals surface area contributed by atoms with Gasteiger partial charge in [-0.25, -0.2) is 0 Å². The first-order valence-corrected chi connectivity index (χ1v) is 8.49. The van der Waals surface area contributed by atoms with E-state index in [9.17, 15) is 4.79 Å². The van der Waals surface area contributed by atoms with Gasteiger partial charge in [0.15, 0.2) is 0 Å². The number of aryl methyl sites for hydroxylation is 1. The van der Waals surface area contributed by atoms with Crippen molar-refractivity contribution in [3.8, 4) is 0 Å². The summed E-state index contributed by atoms with van der Waals surface area (Å²) in [7, 11) is 0. The predicted octanol–water partition coefficient (Wildman–Crippen LogP) is 2.42. The first kappa shape index (κ1) is 16.8. The van der Waals surface area contributed by atoms with Gasteiger partial charge in [0, 0.05) is 51.4 Å². The Hall–Kier alpha value is -1.55. The summed E-state index contributed by atoms with van der Waals surface area (Å²) in [5.41, 5.74) is 2.63. The lowest BCUT2D eigenvalue weighted by atomic mass is 10.2. The number of carbonyl (C=O) groups excluding carboxylic acids is 1. The molecule has 0 spiro atoms. The minimum absolute atomic E-state index is 0.189. The molecular weight excluding hydrogens is 274 g/mol. The van der Waals surface area contributed by atoms with Crippen molar-refractivity contribution < 1.29 is 4.79 Å². The Morgan fingerprint density at radius 1 is 1.23 bits per heavy atom. The summed E-state index contributed by atoms with van der Waals surface area (Å²) in [6, 6.07) is 8.69. The predicted molar refractivity (Wildman–Crippen MR) is 92.4 cm³/mol. The maximum absolute atomic E-state index is 11.7. The molecule has 22 heavy (non-hydrogen) atoms. The van der Waals surface area contributed by atoms with Gasteiger partial charge in [-0.2, -0.15) is 0 Å². The molecular formula is C18H29N3O. The Morgan fingerprint density at radius 3 is 2.68 bits per heavy atom. The van der Waals surface area contributed by atoms with Gasteiger partial charge in [0.2, 0.25) is 5.91 Å². The van der Waals surface area contributed by atoms with Crippen molar-refractivity contribution in [2.24, 2.45) is 0 Å². The normalized spacial score (nSPS) is 15.8. The molecule has 0 radical (unpaired) electrons. The van der Waals surface area contributed by atoms with E-state index in [4.69, 9.17) is 0 Å². The molecule has 0 saturated carbocycles. The Balaban J connectivity index is 1.68. The molecule has 0 aromatic heterocycles. The second-order valence-corrected chi connectivity index (χ2v) is 6.12. The molecule has 4 heteroatoms. The lowest BCUT2D eigenvalue weighted by molar-refractivity contribution is -0.121. The van der Waals surface area contributed by atoms with Crippen LogP contribution in [-0.4, -0.2) is 50.1 Å². The molecule has 1 fully saturated rings. The van der Waals surface area contributed by atoms with Gasteiger partial charge >= 0.3 is 0 Å². The van der Waals surface area contributed by atoms with Gasteiger partial charge < -0.3 is 10.2 Å². The standard InChI is InChI=1S/C18H29N3O/c1-3-4-9-19-18(22)8-10-20-11-13-21(14-12-20)17-7-5-6-16(2)15-17/h5-7,15H,3-4,8-14H2,1-2H3,(H,19,22). The number of nitrogens with zero attached hydrogens (tertiary/aromatic N) is 2. The molecule has 0 unspecified atom stereocenters.